The lowest BCUT2D eigenvalue weighted by molar-refractivity contribution is -0.119. The van der Waals surface area contributed by atoms with E-state index in [1.54, 1.807) is 6.20 Å². The summed E-state index contributed by atoms with van der Waals surface area (Å²) in [6, 6.07) is 5.35. The van der Waals surface area contributed by atoms with Crippen LogP contribution >= 0.6 is 0 Å². The average molecular weight is 262 g/mol. The third kappa shape index (κ3) is 3.81. The highest BCUT2D eigenvalue weighted by Gasteiger charge is 2.12. The van der Waals surface area contributed by atoms with Crippen molar-refractivity contribution in [3.05, 3.63) is 30.1 Å². The molecule has 0 aromatic carbocycles. The molecule has 0 spiro atoms. The lowest BCUT2D eigenvalue weighted by Gasteiger charge is -2.08. The molecule has 0 fully saturated rings. The number of H-pyrrole nitrogens is 1. The van der Waals surface area contributed by atoms with E-state index in [-0.39, 0.29) is 8.76 Å². The average Bonchev–Trinajstić information content (AvgIpc) is 2.83. The van der Waals surface area contributed by atoms with E-state index in [1.165, 1.54) is 6.92 Å². The SMILES string of the molecule is CC.CC(=O)NC(C#N)Cc1c[nH]c2ncccc12.[HH].[HH]. The first-order valence-electron chi connectivity index (χ1n) is 6.28. The second kappa shape index (κ2) is 7.17. The first-order chi connectivity index (χ1) is 9.20. The third-order valence-electron chi connectivity index (χ3n) is 2.49. The van der Waals surface area contributed by atoms with E-state index in [0.717, 1.165) is 16.6 Å². The van der Waals surface area contributed by atoms with Gasteiger partial charge in [-0.3, -0.25) is 4.79 Å². The fraction of sp³-hybridized carbons (Fsp3) is 0.357. The largest absolute Gasteiger partial charge is 0.346 e. The van der Waals surface area contributed by atoms with Crippen LogP contribution in [0, 0.1) is 11.3 Å². The molecule has 0 saturated heterocycles. The summed E-state index contributed by atoms with van der Waals surface area (Å²) >= 11 is 0. The molecule has 1 amide bonds. The van der Waals surface area contributed by atoms with E-state index in [0.29, 0.717) is 6.42 Å². The van der Waals surface area contributed by atoms with Crippen molar-refractivity contribution in [3.63, 3.8) is 0 Å². The van der Waals surface area contributed by atoms with E-state index in [4.69, 9.17) is 5.26 Å². The van der Waals surface area contributed by atoms with Gasteiger partial charge in [0, 0.05) is 34.0 Å². The zero-order valence-corrected chi connectivity index (χ0v) is 11.4. The second-order valence-electron chi connectivity index (χ2n) is 3.80. The molecular formula is C14H22N4O. The minimum Gasteiger partial charge on any atom is -0.346 e. The van der Waals surface area contributed by atoms with Crippen LogP contribution in [0.15, 0.2) is 24.5 Å². The lowest BCUT2D eigenvalue weighted by Crippen LogP contribution is -2.33. The van der Waals surface area contributed by atoms with Crippen molar-refractivity contribution in [1.82, 2.24) is 15.3 Å². The molecule has 2 aromatic heterocycles. The van der Waals surface area contributed by atoms with E-state index < -0.39 is 6.04 Å². The third-order valence-corrected chi connectivity index (χ3v) is 2.49. The maximum Gasteiger partial charge on any atom is 0.217 e. The number of aromatic amines is 1. The number of hydrogen-bond donors (Lipinski definition) is 2. The molecule has 1 atom stereocenters. The van der Waals surface area contributed by atoms with Crippen LogP contribution in [0.4, 0.5) is 0 Å². The molecule has 2 heterocycles. The van der Waals surface area contributed by atoms with E-state index in [2.05, 4.69) is 21.4 Å². The zero-order valence-electron chi connectivity index (χ0n) is 11.4. The minimum atomic E-state index is -0.508. The zero-order chi connectivity index (χ0) is 14.3. The predicted molar refractivity (Wildman–Crippen MR) is 78.6 cm³/mol. The van der Waals surface area contributed by atoms with Crippen LogP contribution in [-0.4, -0.2) is 21.9 Å². The Hall–Kier alpha value is -2.35. The predicted octanol–water partition coefficient (Wildman–Crippen LogP) is 2.65. The van der Waals surface area contributed by atoms with Gasteiger partial charge < -0.3 is 10.3 Å². The van der Waals surface area contributed by atoms with Gasteiger partial charge in [-0.05, 0) is 17.7 Å². The number of nitrogens with zero attached hydrogens (tertiary/aromatic N) is 2. The highest BCUT2D eigenvalue weighted by atomic mass is 16.1. The van der Waals surface area contributed by atoms with Crippen molar-refractivity contribution in [3.8, 4) is 6.07 Å². The summed E-state index contributed by atoms with van der Waals surface area (Å²) in [5.74, 6) is -0.200. The number of amides is 1. The number of carbonyl (C=O) groups is 1. The van der Waals surface area contributed by atoms with E-state index in [1.807, 2.05) is 32.2 Å². The molecule has 5 heteroatoms. The highest BCUT2D eigenvalue weighted by molar-refractivity contribution is 5.80. The van der Waals surface area contributed by atoms with Crippen molar-refractivity contribution >= 4 is 16.9 Å². The van der Waals surface area contributed by atoms with Gasteiger partial charge in [-0.2, -0.15) is 5.26 Å². The van der Waals surface area contributed by atoms with Crippen LogP contribution in [0.2, 0.25) is 0 Å². The fourth-order valence-corrected chi connectivity index (χ4v) is 1.78. The molecule has 1 unspecified atom stereocenters. The van der Waals surface area contributed by atoms with Crippen molar-refractivity contribution in [2.75, 3.05) is 0 Å². The van der Waals surface area contributed by atoms with E-state index >= 15 is 0 Å². The highest BCUT2D eigenvalue weighted by Crippen LogP contribution is 2.16. The summed E-state index contributed by atoms with van der Waals surface area (Å²) in [5, 5.41) is 12.5. The Kier molecular flexibility index (Phi) is 5.55. The number of nitrogens with one attached hydrogen (secondary N) is 2. The van der Waals surface area contributed by atoms with Gasteiger partial charge in [-0.1, -0.05) is 13.8 Å². The van der Waals surface area contributed by atoms with Crippen molar-refractivity contribution in [2.24, 2.45) is 0 Å². The summed E-state index contributed by atoms with van der Waals surface area (Å²) in [5.41, 5.74) is 1.77. The molecular weight excluding hydrogens is 240 g/mol. The lowest BCUT2D eigenvalue weighted by atomic mass is 10.1. The standard InChI is InChI=1S/C12H12N4O.C2H6.2H2/c1-8(17)16-10(6-13)5-9-7-15-12-11(9)3-2-4-14-12;1-2;;/h2-4,7,10H,5H2,1H3,(H,14,15)(H,16,17);1-2H3;2*1H. The van der Waals surface area contributed by atoms with Gasteiger partial charge in [0.2, 0.25) is 5.91 Å². The number of rotatable bonds is 3. The molecule has 19 heavy (non-hydrogen) atoms. The Morgan fingerprint density at radius 2 is 2.37 bits per heavy atom. The van der Waals surface area contributed by atoms with Crippen LogP contribution in [0.25, 0.3) is 11.0 Å². The Labute approximate surface area is 115 Å². The van der Waals surface area contributed by atoms with Crippen LogP contribution in [0.1, 0.15) is 29.2 Å². The maximum atomic E-state index is 10.9. The van der Waals surface area contributed by atoms with Gasteiger partial charge in [0.25, 0.3) is 0 Å². The van der Waals surface area contributed by atoms with Gasteiger partial charge in [0.15, 0.2) is 0 Å². The molecule has 2 aromatic rings. The number of pyridine rings is 1. The van der Waals surface area contributed by atoms with Gasteiger partial charge in [0.05, 0.1) is 6.07 Å². The number of carbonyl (C=O) groups excluding carboxylic acids is 1. The van der Waals surface area contributed by atoms with Gasteiger partial charge in [0.1, 0.15) is 11.7 Å². The molecule has 0 aliphatic heterocycles. The summed E-state index contributed by atoms with van der Waals surface area (Å²) in [6.45, 7) is 5.40. The van der Waals surface area contributed by atoms with Crippen LogP contribution < -0.4 is 5.32 Å². The molecule has 104 valence electrons. The molecule has 2 N–H and O–H groups in total. The second-order valence-corrected chi connectivity index (χ2v) is 3.80. The normalized spacial score (nSPS) is 11.1. The Bertz CT molecular complexity index is 592. The maximum absolute atomic E-state index is 10.9. The number of hydrogen-bond acceptors (Lipinski definition) is 3. The minimum absolute atomic E-state index is 0. The summed E-state index contributed by atoms with van der Waals surface area (Å²) in [6.07, 6.45) is 4.00. The molecule has 0 radical (unpaired) electrons. The summed E-state index contributed by atoms with van der Waals surface area (Å²) < 4.78 is 0. The monoisotopic (exact) mass is 262 g/mol. The number of nitriles is 1. The Morgan fingerprint density at radius 3 is 3.00 bits per heavy atom. The topological polar surface area (TPSA) is 81.6 Å². The van der Waals surface area contributed by atoms with Crippen molar-refractivity contribution < 1.29 is 7.65 Å². The number of aromatic nitrogens is 2. The molecule has 0 aliphatic rings. The molecule has 0 saturated carbocycles. The summed E-state index contributed by atoms with van der Waals surface area (Å²) in [4.78, 5) is 18.1. The van der Waals surface area contributed by atoms with Crippen LogP contribution in [0.3, 0.4) is 0 Å². The van der Waals surface area contributed by atoms with Crippen LogP contribution in [0.5, 0.6) is 0 Å². The van der Waals surface area contributed by atoms with Gasteiger partial charge in [-0.25, -0.2) is 4.98 Å². The van der Waals surface area contributed by atoms with Crippen molar-refractivity contribution in [2.45, 2.75) is 33.2 Å². The first-order valence-corrected chi connectivity index (χ1v) is 6.28. The van der Waals surface area contributed by atoms with Crippen LogP contribution in [-0.2, 0) is 11.2 Å². The quantitative estimate of drug-likeness (QED) is 0.892. The van der Waals surface area contributed by atoms with Gasteiger partial charge in [-0.15, -0.1) is 0 Å². The van der Waals surface area contributed by atoms with Gasteiger partial charge >= 0.3 is 0 Å². The first kappa shape index (κ1) is 14.7. The smallest absolute Gasteiger partial charge is 0.217 e. The Balaban J connectivity index is 0. The molecule has 0 aliphatic carbocycles. The molecule has 2 rings (SSSR count). The van der Waals surface area contributed by atoms with E-state index in [9.17, 15) is 4.79 Å². The summed E-state index contributed by atoms with van der Waals surface area (Å²) in [7, 11) is 0. The number of fused-ring (bicyclic) bond motifs is 1. The molecule has 5 nitrogen and oxygen atoms in total. The fourth-order valence-electron chi connectivity index (χ4n) is 1.78. The van der Waals surface area contributed by atoms with Crippen molar-refractivity contribution in [1.29, 1.82) is 5.26 Å². The Morgan fingerprint density at radius 1 is 1.63 bits per heavy atom. The molecule has 0 bridgehead atoms.